The summed E-state index contributed by atoms with van der Waals surface area (Å²) >= 11 is 0. The lowest BCUT2D eigenvalue weighted by atomic mass is 10.0. The summed E-state index contributed by atoms with van der Waals surface area (Å²) in [5.74, 6) is 0.350. The van der Waals surface area contributed by atoms with Crippen molar-refractivity contribution in [1.82, 2.24) is 19.8 Å². The highest BCUT2D eigenvalue weighted by molar-refractivity contribution is 5.96. The number of aliphatic hydroxyl groups excluding tert-OH is 1. The minimum Gasteiger partial charge on any atom is -0.496 e. The van der Waals surface area contributed by atoms with Crippen molar-refractivity contribution in [3.8, 4) is 16.9 Å². The summed E-state index contributed by atoms with van der Waals surface area (Å²) < 4.78 is 19.4. The predicted octanol–water partition coefficient (Wildman–Crippen LogP) is 2.67. The number of carbonyl (C=O) groups is 1. The monoisotopic (exact) mass is 436 g/mol. The maximum atomic E-state index is 14.0. The van der Waals surface area contributed by atoms with Gasteiger partial charge in [-0.05, 0) is 47.9 Å². The highest BCUT2D eigenvalue weighted by Crippen LogP contribution is 2.36. The highest BCUT2D eigenvalue weighted by atomic mass is 19.1. The van der Waals surface area contributed by atoms with E-state index in [1.54, 1.807) is 24.3 Å². The Morgan fingerprint density at radius 1 is 1.28 bits per heavy atom. The van der Waals surface area contributed by atoms with Crippen molar-refractivity contribution in [2.45, 2.75) is 12.5 Å². The van der Waals surface area contributed by atoms with Gasteiger partial charge in [-0.15, -0.1) is 0 Å². The van der Waals surface area contributed by atoms with Gasteiger partial charge in [0.15, 0.2) is 0 Å². The van der Waals surface area contributed by atoms with Crippen LogP contribution in [0.15, 0.2) is 42.6 Å². The number of aliphatic hydroxyl groups is 1. The van der Waals surface area contributed by atoms with Gasteiger partial charge in [-0.2, -0.15) is 0 Å². The van der Waals surface area contributed by atoms with Crippen molar-refractivity contribution in [3.63, 3.8) is 0 Å². The number of H-pyrrole nitrogens is 1. The normalized spacial score (nSPS) is 17.3. The first kappa shape index (κ1) is 20.7. The van der Waals surface area contributed by atoms with Crippen LogP contribution < -0.4 is 4.74 Å². The third kappa shape index (κ3) is 3.87. The van der Waals surface area contributed by atoms with Crippen LogP contribution in [0.5, 0.6) is 5.75 Å². The standard InChI is InChI=1S/C24H25FN4O3/c1-32-22-3-2-16(25)10-19(22)18-4-7-26-24-20(18)11-21(27-24)15-5-8-28(9-6-15)14-23(31)29-12-17(30)13-29/h2-5,7,10-11,17,30H,6,8-9,12-14H2,1H3,(H,26,27). The number of pyridine rings is 1. The molecule has 4 heterocycles. The molecule has 0 spiro atoms. The second kappa shape index (κ2) is 8.37. The molecule has 2 aliphatic heterocycles. The number of benzene rings is 1. The molecule has 7 nitrogen and oxygen atoms in total. The molecule has 3 aromatic rings. The molecule has 1 fully saturated rings. The number of ether oxygens (including phenoxy) is 1. The van der Waals surface area contributed by atoms with Crippen LogP contribution in [0.1, 0.15) is 12.1 Å². The maximum Gasteiger partial charge on any atom is 0.236 e. The van der Waals surface area contributed by atoms with Crippen LogP contribution >= 0.6 is 0 Å². The summed E-state index contributed by atoms with van der Waals surface area (Å²) in [5.41, 5.74) is 4.42. The summed E-state index contributed by atoms with van der Waals surface area (Å²) in [6.45, 7) is 2.71. The minimum atomic E-state index is -0.375. The van der Waals surface area contributed by atoms with Gasteiger partial charge in [0, 0.05) is 49.0 Å². The lowest BCUT2D eigenvalue weighted by molar-refractivity contribution is -0.142. The van der Waals surface area contributed by atoms with Crippen molar-refractivity contribution in [3.05, 3.63) is 54.1 Å². The number of likely N-dealkylation sites (tertiary alicyclic amines) is 1. The first-order valence-corrected chi connectivity index (χ1v) is 10.7. The number of nitrogens with zero attached hydrogens (tertiary/aromatic N) is 3. The zero-order valence-corrected chi connectivity index (χ0v) is 17.8. The Kier molecular flexibility index (Phi) is 5.40. The number of fused-ring (bicyclic) bond motifs is 1. The molecular weight excluding hydrogens is 411 g/mol. The van der Waals surface area contributed by atoms with E-state index in [-0.39, 0.29) is 17.8 Å². The van der Waals surface area contributed by atoms with E-state index >= 15 is 0 Å². The molecule has 2 N–H and O–H groups in total. The molecule has 0 atom stereocenters. The molecule has 166 valence electrons. The van der Waals surface area contributed by atoms with Crippen molar-refractivity contribution in [1.29, 1.82) is 0 Å². The molecule has 0 aliphatic carbocycles. The van der Waals surface area contributed by atoms with E-state index in [9.17, 15) is 14.3 Å². The zero-order chi connectivity index (χ0) is 22.2. The Morgan fingerprint density at radius 3 is 2.84 bits per heavy atom. The number of carbonyl (C=O) groups excluding carboxylic acids is 1. The SMILES string of the molecule is COc1ccc(F)cc1-c1ccnc2[nH]c(C3=CCN(CC(=O)N4CC(O)C4)CC3)cc12. The molecule has 32 heavy (non-hydrogen) atoms. The van der Waals surface area contributed by atoms with E-state index in [0.29, 0.717) is 37.5 Å². The number of hydrogen-bond donors (Lipinski definition) is 2. The molecule has 0 unspecified atom stereocenters. The lowest BCUT2D eigenvalue weighted by Gasteiger charge is -2.37. The Labute approximate surface area is 185 Å². The van der Waals surface area contributed by atoms with Gasteiger partial charge >= 0.3 is 0 Å². The van der Waals surface area contributed by atoms with E-state index in [4.69, 9.17) is 4.74 Å². The number of amides is 1. The second-order valence-corrected chi connectivity index (χ2v) is 8.32. The number of hydrogen-bond acceptors (Lipinski definition) is 5. The van der Waals surface area contributed by atoms with Crippen LogP contribution in [0.3, 0.4) is 0 Å². The number of nitrogens with one attached hydrogen (secondary N) is 1. The number of methoxy groups -OCH3 is 1. The second-order valence-electron chi connectivity index (χ2n) is 8.32. The fourth-order valence-electron chi connectivity index (χ4n) is 4.38. The van der Waals surface area contributed by atoms with Crippen molar-refractivity contribution in [2.75, 3.05) is 39.8 Å². The summed E-state index contributed by atoms with van der Waals surface area (Å²) in [5, 5.41) is 10.3. The molecule has 0 saturated carbocycles. The van der Waals surface area contributed by atoms with E-state index in [1.807, 2.05) is 6.07 Å². The zero-order valence-electron chi connectivity index (χ0n) is 17.8. The smallest absolute Gasteiger partial charge is 0.236 e. The van der Waals surface area contributed by atoms with Crippen molar-refractivity contribution >= 4 is 22.5 Å². The molecular formula is C24H25FN4O3. The topological polar surface area (TPSA) is 81.7 Å². The number of halogens is 1. The molecule has 2 aliphatic rings. The van der Waals surface area contributed by atoms with Crippen LogP contribution in [-0.4, -0.2) is 76.7 Å². The van der Waals surface area contributed by atoms with Gasteiger partial charge in [-0.3, -0.25) is 9.69 Å². The Hall–Kier alpha value is -3.23. The lowest BCUT2D eigenvalue weighted by Crippen LogP contribution is -2.56. The number of rotatable bonds is 5. The molecule has 8 heteroatoms. The van der Waals surface area contributed by atoms with E-state index < -0.39 is 0 Å². The highest BCUT2D eigenvalue weighted by Gasteiger charge is 2.30. The average Bonchev–Trinajstić information content (AvgIpc) is 3.22. The van der Waals surface area contributed by atoms with Crippen LogP contribution in [0.4, 0.5) is 4.39 Å². The quantitative estimate of drug-likeness (QED) is 0.643. The average molecular weight is 436 g/mol. The Balaban J connectivity index is 1.37. The number of β-amino-alcohol motifs (C(OH)–C–C–N with tert-alkyl or cyclic N) is 1. The van der Waals surface area contributed by atoms with E-state index in [1.165, 1.54) is 17.7 Å². The van der Waals surface area contributed by atoms with Gasteiger partial charge in [0.1, 0.15) is 17.2 Å². The molecule has 1 saturated heterocycles. The third-order valence-electron chi connectivity index (χ3n) is 6.20. The van der Waals surface area contributed by atoms with E-state index in [0.717, 1.165) is 35.3 Å². The van der Waals surface area contributed by atoms with Crippen LogP contribution in [-0.2, 0) is 4.79 Å². The first-order valence-electron chi connectivity index (χ1n) is 10.7. The molecule has 5 rings (SSSR count). The largest absolute Gasteiger partial charge is 0.496 e. The first-order chi connectivity index (χ1) is 15.5. The molecule has 0 radical (unpaired) electrons. The van der Waals surface area contributed by atoms with Gasteiger partial charge in [0.05, 0.1) is 19.8 Å². The molecule has 0 bridgehead atoms. The maximum absolute atomic E-state index is 14.0. The summed E-state index contributed by atoms with van der Waals surface area (Å²) in [7, 11) is 1.57. The fourth-order valence-corrected chi connectivity index (χ4v) is 4.38. The Morgan fingerprint density at radius 2 is 2.12 bits per heavy atom. The summed E-state index contributed by atoms with van der Waals surface area (Å²) in [6.07, 6.45) is 4.27. The summed E-state index contributed by atoms with van der Waals surface area (Å²) in [4.78, 5) is 23.9. The summed E-state index contributed by atoms with van der Waals surface area (Å²) in [6, 6.07) is 8.41. The molecule has 2 aromatic heterocycles. The molecule has 1 amide bonds. The number of aromatic amines is 1. The minimum absolute atomic E-state index is 0.0654. The fraction of sp³-hybridized carbons (Fsp3) is 0.333. The van der Waals surface area contributed by atoms with Crippen LogP contribution in [0, 0.1) is 5.82 Å². The van der Waals surface area contributed by atoms with Gasteiger partial charge in [-0.1, -0.05) is 6.08 Å². The predicted molar refractivity (Wildman–Crippen MR) is 120 cm³/mol. The van der Waals surface area contributed by atoms with Crippen molar-refractivity contribution < 1.29 is 19.0 Å². The van der Waals surface area contributed by atoms with Gasteiger partial charge in [0.2, 0.25) is 5.91 Å². The van der Waals surface area contributed by atoms with Gasteiger partial charge in [-0.25, -0.2) is 9.37 Å². The number of aromatic nitrogens is 2. The Bertz CT molecular complexity index is 1200. The third-order valence-corrected chi connectivity index (χ3v) is 6.20. The van der Waals surface area contributed by atoms with Crippen molar-refractivity contribution in [2.24, 2.45) is 0 Å². The van der Waals surface area contributed by atoms with Gasteiger partial charge in [0.25, 0.3) is 0 Å². The van der Waals surface area contributed by atoms with Crippen LogP contribution in [0.25, 0.3) is 27.7 Å². The van der Waals surface area contributed by atoms with Gasteiger partial charge < -0.3 is 19.7 Å². The van der Waals surface area contributed by atoms with Crippen LogP contribution in [0.2, 0.25) is 0 Å². The van der Waals surface area contributed by atoms with E-state index in [2.05, 4.69) is 27.0 Å². The molecule has 1 aromatic carbocycles.